The van der Waals surface area contributed by atoms with Crippen LogP contribution in [0.5, 0.6) is 0 Å². The van der Waals surface area contributed by atoms with Crippen LogP contribution in [0.25, 0.3) is 0 Å². The molecule has 0 aromatic heterocycles. The molecule has 122 valence electrons. The van der Waals surface area contributed by atoms with Gasteiger partial charge in [0.15, 0.2) is 0 Å². The van der Waals surface area contributed by atoms with Crippen molar-refractivity contribution in [3.63, 3.8) is 0 Å². The Kier molecular flexibility index (Phi) is 7.39. The van der Waals surface area contributed by atoms with Gasteiger partial charge in [-0.25, -0.2) is 4.79 Å². The lowest BCUT2D eigenvalue weighted by Gasteiger charge is -2.23. The van der Waals surface area contributed by atoms with Crippen molar-refractivity contribution in [1.29, 1.82) is 0 Å². The second kappa shape index (κ2) is 9.04. The Balaban J connectivity index is 2.38. The van der Waals surface area contributed by atoms with Gasteiger partial charge in [0.2, 0.25) is 5.91 Å². The standard InChI is InChI=1S/C16H24N2O4/c1-11(2)15(21-4)18-14(19)12(3)17-16(20)22-10-13-8-6-5-7-9-13/h5-9,11-12,15H,10H2,1-4H3,(H,17,20)(H,18,19)/t12-,15?/m0/s1. The smallest absolute Gasteiger partial charge is 0.408 e. The molecule has 0 heterocycles. The van der Waals surface area contributed by atoms with Gasteiger partial charge in [-0.1, -0.05) is 44.2 Å². The van der Waals surface area contributed by atoms with E-state index >= 15 is 0 Å². The molecule has 1 aromatic rings. The van der Waals surface area contributed by atoms with Crippen molar-refractivity contribution in [3.8, 4) is 0 Å². The van der Waals surface area contributed by atoms with E-state index in [2.05, 4.69) is 10.6 Å². The Morgan fingerprint density at radius 1 is 1.09 bits per heavy atom. The molecule has 2 atom stereocenters. The first-order valence-electron chi connectivity index (χ1n) is 7.24. The summed E-state index contributed by atoms with van der Waals surface area (Å²) in [6.45, 7) is 5.61. The number of alkyl carbamates (subject to hydrolysis) is 1. The summed E-state index contributed by atoms with van der Waals surface area (Å²) in [4.78, 5) is 23.6. The predicted octanol–water partition coefficient (Wildman–Crippen LogP) is 2.05. The minimum Gasteiger partial charge on any atom is -0.445 e. The van der Waals surface area contributed by atoms with E-state index in [4.69, 9.17) is 9.47 Å². The number of nitrogens with one attached hydrogen (secondary N) is 2. The van der Waals surface area contributed by atoms with Crippen molar-refractivity contribution >= 4 is 12.0 Å². The highest BCUT2D eigenvalue weighted by Crippen LogP contribution is 2.03. The minimum atomic E-state index is -0.709. The van der Waals surface area contributed by atoms with E-state index in [9.17, 15) is 9.59 Å². The van der Waals surface area contributed by atoms with Gasteiger partial charge in [0.05, 0.1) is 0 Å². The summed E-state index contributed by atoms with van der Waals surface area (Å²) in [5.41, 5.74) is 0.883. The maximum absolute atomic E-state index is 12.0. The van der Waals surface area contributed by atoms with E-state index in [-0.39, 0.29) is 18.4 Å². The van der Waals surface area contributed by atoms with E-state index in [0.29, 0.717) is 0 Å². The maximum atomic E-state index is 12.0. The summed E-state index contributed by atoms with van der Waals surface area (Å²) in [6.07, 6.45) is -1.03. The first-order valence-corrected chi connectivity index (χ1v) is 7.24. The van der Waals surface area contributed by atoms with E-state index in [1.165, 1.54) is 7.11 Å². The summed E-state index contributed by atoms with van der Waals surface area (Å²) in [5.74, 6) is -0.191. The van der Waals surface area contributed by atoms with E-state index in [0.717, 1.165) is 5.56 Å². The van der Waals surface area contributed by atoms with Crippen molar-refractivity contribution in [1.82, 2.24) is 10.6 Å². The van der Waals surface area contributed by atoms with Crippen LogP contribution < -0.4 is 10.6 Å². The molecule has 2 N–H and O–H groups in total. The van der Waals surface area contributed by atoms with Crippen LogP contribution in [0.3, 0.4) is 0 Å². The number of carbonyl (C=O) groups is 2. The van der Waals surface area contributed by atoms with Crippen molar-refractivity contribution < 1.29 is 19.1 Å². The fourth-order valence-corrected chi connectivity index (χ4v) is 1.77. The van der Waals surface area contributed by atoms with Gasteiger partial charge in [0.1, 0.15) is 18.9 Å². The van der Waals surface area contributed by atoms with Crippen molar-refractivity contribution in [2.75, 3.05) is 7.11 Å². The lowest BCUT2D eigenvalue weighted by molar-refractivity contribution is -0.127. The minimum absolute atomic E-state index is 0.131. The quantitative estimate of drug-likeness (QED) is 0.756. The van der Waals surface area contributed by atoms with Gasteiger partial charge in [-0.15, -0.1) is 0 Å². The van der Waals surface area contributed by atoms with Crippen LogP contribution >= 0.6 is 0 Å². The van der Waals surface area contributed by atoms with Crippen LogP contribution in [0.15, 0.2) is 30.3 Å². The number of ether oxygens (including phenoxy) is 2. The van der Waals surface area contributed by atoms with Crippen molar-refractivity contribution in [2.24, 2.45) is 5.92 Å². The van der Waals surface area contributed by atoms with Crippen LogP contribution in [0.2, 0.25) is 0 Å². The molecule has 0 fully saturated rings. The molecular weight excluding hydrogens is 284 g/mol. The Morgan fingerprint density at radius 2 is 1.73 bits per heavy atom. The highest BCUT2D eigenvalue weighted by atomic mass is 16.5. The molecule has 1 unspecified atom stereocenters. The third-order valence-electron chi connectivity index (χ3n) is 3.08. The summed E-state index contributed by atoms with van der Waals surface area (Å²) in [7, 11) is 1.52. The van der Waals surface area contributed by atoms with E-state index in [1.54, 1.807) is 6.92 Å². The molecule has 0 saturated heterocycles. The summed E-state index contributed by atoms with van der Waals surface area (Å²) in [6, 6.07) is 8.62. The normalized spacial score (nSPS) is 13.3. The van der Waals surface area contributed by atoms with Gasteiger partial charge in [-0.05, 0) is 18.4 Å². The molecule has 1 rings (SSSR count). The number of amides is 2. The Labute approximate surface area is 131 Å². The lowest BCUT2D eigenvalue weighted by atomic mass is 10.2. The monoisotopic (exact) mass is 308 g/mol. The number of hydrogen-bond donors (Lipinski definition) is 2. The lowest BCUT2D eigenvalue weighted by Crippen LogP contribution is -2.50. The molecule has 0 spiro atoms. The van der Waals surface area contributed by atoms with Crippen LogP contribution in [0.1, 0.15) is 26.3 Å². The maximum Gasteiger partial charge on any atom is 0.408 e. The number of carbonyl (C=O) groups excluding carboxylic acids is 2. The second-order valence-corrected chi connectivity index (χ2v) is 5.34. The van der Waals surface area contributed by atoms with Crippen molar-refractivity contribution in [3.05, 3.63) is 35.9 Å². The highest BCUT2D eigenvalue weighted by molar-refractivity contribution is 5.85. The van der Waals surface area contributed by atoms with E-state index in [1.807, 2.05) is 44.2 Å². The molecule has 0 aliphatic rings. The molecule has 6 heteroatoms. The van der Waals surface area contributed by atoms with Gasteiger partial charge < -0.3 is 20.1 Å². The van der Waals surface area contributed by atoms with Gasteiger partial charge in [0, 0.05) is 7.11 Å². The number of benzene rings is 1. The summed E-state index contributed by atoms with van der Waals surface area (Å²) in [5, 5.41) is 5.20. The fourth-order valence-electron chi connectivity index (χ4n) is 1.77. The van der Waals surface area contributed by atoms with Crippen LogP contribution in [-0.4, -0.2) is 31.4 Å². The van der Waals surface area contributed by atoms with Crippen molar-refractivity contribution in [2.45, 2.75) is 39.6 Å². The molecule has 0 bridgehead atoms. The zero-order chi connectivity index (χ0) is 16.5. The molecular formula is C16H24N2O4. The third-order valence-corrected chi connectivity index (χ3v) is 3.08. The molecule has 0 radical (unpaired) electrons. The zero-order valence-corrected chi connectivity index (χ0v) is 13.5. The first-order chi connectivity index (χ1) is 10.4. The highest BCUT2D eigenvalue weighted by Gasteiger charge is 2.21. The average molecular weight is 308 g/mol. The number of rotatable bonds is 7. The van der Waals surface area contributed by atoms with Gasteiger partial charge in [0.25, 0.3) is 0 Å². The van der Waals surface area contributed by atoms with Crippen LogP contribution in [0, 0.1) is 5.92 Å². The number of hydrogen-bond acceptors (Lipinski definition) is 4. The molecule has 2 amide bonds. The van der Waals surface area contributed by atoms with Gasteiger partial charge >= 0.3 is 6.09 Å². The first kappa shape index (κ1) is 18.0. The summed E-state index contributed by atoms with van der Waals surface area (Å²) < 4.78 is 10.2. The van der Waals surface area contributed by atoms with E-state index < -0.39 is 18.4 Å². The van der Waals surface area contributed by atoms with Gasteiger partial charge in [-0.2, -0.15) is 0 Å². The largest absolute Gasteiger partial charge is 0.445 e. The van der Waals surface area contributed by atoms with Crippen LogP contribution in [0.4, 0.5) is 4.79 Å². The Hall–Kier alpha value is -2.08. The fraction of sp³-hybridized carbons (Fsp3) is 0.500. The molecule has 6 nitrogen and oxygen atoms in total. The van der Waals surface area contributed by atoms with Gasteiger partial charge in [-0.3, -0.25) is 4.79 Å². The van der Waals surface area contributed by atoms with Crippen LogP contribution in [-0.2, 0) is 20.9 Å². The third kappa shape index (κ3) is 6.13. The molecule has 1 aromatic carbocycles. The molecule has 0 aliphatic heterocycles. The molecule has 0 aliphatic carbocycles. The SMILES string of the molecule is COC(NC(=O)[C@H](C)NC(=O)OCc1ccccc1)C(C)C. The topological polar surface area (TPSA) is 76.7 Å². The molecule has 22 heavy (non-hydrogen) atoms. The predicted molar refractivity (Wildman–Crippen MR) is 83.0 cm³/mol. The second-order valence-electron chi connectivity index (χ2n) is 5.34. The number of methoxy groups -OCH3 is 1. The molecule has 0 saturated carbocycles. The zero-order valence-electron chi connectivity index (χ0n) is 13.5. The summed E-state index contributed by atoms with van der Waals surface area (Å²) >= 11 is 0. The average Bonchev–Trinajstić information content (AvgIpc) is 2.50. The Bertz CT molecular complexity index is 476. The Morgan fingerprint density at radius 3 is 2.27 bits per heavy atom.